The molecule has 4 N–H and O–H groups in total. The smallest absolute Gasteiger partial charge is 0.241 e. The van der Waals surface area contributed by atoms with Crippen LogP contribution in [0, 0.1) is 18.7 Å². The summed E-state index contributed by atoms with van der Waals surface area (Å²) >= 11 is 0. The van der Waals surface area contributed by atoms with Crippen LogP contribution in [-0.4, -0.2) is 20.8 Å². The minimum Gasteiger partial charge on any atom is -0.387 e. The number of anilines is 1. The van der Waals surface area contributed by atoms with Gasteiger partial charge in [0.05, 0.1) is 11.2 Å². The minimum atomic E-state index is -0.969. The van der Waals surface area contributed by atoms with E-state index in [1.54, 1.807) is 0 Å². The number of aliphatic imine (C=N–C) groups is 1. The van der Waals surface area contributed by atoms with Crippen LogP contribution in [0.5, 0.6) is 0 Å². The Labute approximate surface area is 101 Å². The van der Waals surface area contributed by atoms with Crippen LogP contribution < -0.4 is 11.5 Å². The van der Waals surface area contributed by atoms with Crippen molar-refractivity contribution in [3.63, 3.8) is 0 Å². The maximum absolute atomic E-state index is 14.1. The van der Waals surface area contributed by atoms with E-state index in [1.807, 2.05) is 0 Å². The number of pyridine rings is 1. The highest BCUT2D eigenvalue weighted by Crippen LogP contribution is 2.28. The summed E-state index contributed by atoms with van der Waals surface area (Å²) in [5.41, 5.74) is 10.6. The minimum absolute atomic E-state index is 0.0479. The van der Waals surface area contributed by atoms with E-state index in [1.165, 1.54) is 13.8 Å². The molecule has 0 spiro atoms. The number of fused-ring (bicyclic) bond motifs is 1. The van der Waals surface area contributed by atoms with Crippen molar-refractivity contribution >= 4 is 28.4 Å². The molecule has 8 heteroatoms. The van der Waals surface area contributed by atoms with Gasteiger partial charge in [-0.25, -0.2) is 19.4 Å². The number of amidine groups is 1. The van der Waals surface area contributed by atoms with Crippen LogP contribution in [0.15, 0.2) is 4.99 Å². The highest BCUT2D eigenvalue weighted by atomic mass is 19.1. The van der Waals surface area contributed by atoms with Crippen molar-refractivity contribution in [3.05, 3.63) is 17.6 Å². The highest BCUT2D eigenvalue weighted by molar-refractivity contribution is 5.91. The molecular formula is C10H10F2N6. The van der Waals surface area contributed by atoms with Crippen LogP contribution in [0.2, 0.25) is 0 Å². The van der Waals surface area contributed by atoms with Gasteiger partial charge in [-0.1, -0.05) is 0 Å². The molecule has 0 saturated heterocycles. The average molecular weight is 252 g/mol. The van der Waals surface area contributed by atoms with E-state index < -0.39 is 17.6 Å². The third-order valence-corrected chi connectivity index (χ3v) is 2.15. The maximum Gasteiger partial charge on any atom is 0.241 e. The van der Waals surface area contributed by atoms with Gasteiger partial charge in [-0.15, -0.1) is 0 Å². The first-order chi connectivity index (χ1) is 8.40. The number of nitrogen functional groups attached to an aromatic ring is 1. The SMILES string of the molecule is C/C(N)=N/c1nc(F)c2nc(C)nc(N)c2c1F. The third kappa shape index (κ3) is 1.92. The monoisotopic (exact) mass is 252 g/mol. The second-order valence-corrected chi connectivity index (χ2v) is 3.67. The number of halogens is 2. The van der Waals surface area contributed by atoms with E-state index in [-0.39, 0.29) is 28.4 Å². The Morgan fingerprint density at radius 3 is 2.50 bits per heavy atom. The van der Waals surface area contributed by atoms with Crippen molar-refractivity contribution in [1.82, 2.24) is 15.0 Å². The summed E-state index contributed by atoms with van der Waals surface area (Å²) in [7, 11) is 0. The standard InChI is InChI=1S/C10H10F2N6/c1-3(13)15-10-6(11)5-7(8(12)18-10)16-4(2)17-9(5)14/h1-2H3,(H2,13,15,18)(H2,14,16,17). The van der Waals surface area contributed by atoms with Crippen molar-refractivity contribution in [3.8, 4) is 0 Å². The van der Waals surface area contributed by atoms with Crippen LogP contribution in [0.1, 0.15) is 12.7 Å². The van der Waals surface area contributed by atoms with E-state index in [0.29, 0.717) is 0 Å². The predicted molar refractivity (Wildman–Crippen MR) is 63.4 cm³/mol. The van der Waals surface area contributed by atoms with Gasteiger partial charge in [-0.05, 0) is 13.8 Å². The second kappa shape index (κ2) is 4.13. The van der Waals surface area contributed by atoms with Crippen molar-refractivity contribution < 1.29 is 8.78 Å². The number of aryl methyl sites for hydroxylation is 1. The van der Waals surface area contributed by atoms with Gasteiger partial charge < -0.3 is 11.5 Å². The topological polar surface area (TPSA) is 103 Å². The molecule has 0 saturated carbocycles. The number of hydrogen-bond donors (Lipinski definition) is 2. The van der Waals surface area contributed by atoms with Gasteiger partial charge in [0.15, 0.2) is 11.6 Å². The maximum atomic E-state index is 14.1. The van der Waals surface area contributed by atoms with Gasteiger partial charge in [0.25, 0.3) is 0 Å². The molecule has 0 unspecified atom stereocenters. The summed E-state index contributed by atoms with van der Waals surface area (Å²) in [5.74, 6) is -2.23. The molecular weight excluding hydrogens is 242 g/mol. The Bertz CT molecular complexity index is 663. The first-order valence-electron chi connectivity index (χ1n) is 4.99. The average Bonchev–Trinajstić information content (AvgIpc) is 2.24. The zero-order valence-electron chi connectivity index (χ0n) is 9.70. The van der Waals surface area contributed by atoms with Crippen molar-refractivity contribution in [2.75, 3.05) is 5.73 Å². The molecule has 6 nitrogen and oxygen atoms in total. The lowest BCUT2D eigenvalue weighted by Gasteiger charge is -2.06. The lowest BCUT2D eigenvalue weighted by atomic mass is 10.2. The van der Waals surface area contributed by atoms with Crippen LogP contribution in [0.25, 0.3) is 10.9 Å². The molecule has 0 atom stereocenters. The molecule has 0 bridgehead atoms. The molecule has 0 aromatic carbocycles. The molecule has 0 aliphatic heterocycles. The highest BCUT2D eigenvalue weighted by Gasteiger charge is 2.18. The summed E-state index contributed by atoms with van der Waals surface area (Å²) in [6.45, 7) is 2.95. The molecule has 0 amide bonds. The molecule has 2 aromatic heterocycles. The molecule has 2 rings (SSSR count). The summed E-state index contributed by atoms with van der Waals surface area (Å²) in [6.07, 6.45) is 0. The predicted octanol–water partition coefficient (Wildman–Crippen LogP) is 1.20. The number of nitrogens with zero attached hydrogens (tertiary/aromatic N) is 4. The fourth-order valence-corrected chi connectivity index (χ4v) is 1.51. The fourth-order valence-electron chi connectivity index (χ4n) is 1.51. The normalized spacial score (nSPS) is 12.1. The van der Waals surface area contributed by atoms with Crippen molar-refractivity contribution in [1.29, 1.82) is 0 Å². The Hall–Kier alpha value is -2.38. The second-order valence-electron chi connectivity index (χ2n) is 3.67. The van der Waals surface area contributed by atoms with E-state index in [2.05, 4.69) is 19.9 Å². The van der Waals surface area contributed by atoms with E-state index in [4.69, 9.17) is 11.5 Å². The summed E-state index contributed by atoms with van der Waals surface area (Å²) < 4.78 is 27.8. The first-order valence-corrected chi connectivity index (χ1v) is 4.99. The van der Waals surface area contributed by atoms with Gasteiger partial charge in [-0.3, -0.25) is 0 Å². The number of rotatable bonds is 1. The molecule has 94 valence electrons. The lowest BCUT2D eigenvalue weighted by molar-refractivity contribution is 0.576. The van der Waals surface area contributed by atoms with E-state index in [9.17, 15) is 8.78 Å². The molecule has 0 fully saturated rings. The van der Waals surface area contributed by atoms with E-state index >= 15 is 0 Å². The fraction of sp³-hybridized carbons (Fsp3) is 0.200. The zero-order chi connectivity index (χ0) is 13.4. The van der Waals surface area contributed by atoms with Crippen LogP contribution in [0.4, 0.5) is 20.4 Å². The summed E-state index contributed by atoms with van der Waals surface area (Å²) in [6, 6.07) is 0. The Morgan fingerprint density at radius 2 is 1.89 bits per heavy atom. The lowest BCUT2D eigenvalue weighted by Crippen LogP contribution is -2.07. The Balaban J connectivity index is 2.90. The third-order valence-electron chi connectivity index (χ3n) is 2.15. The van der Waals surface area contributed by atoms with Crippen LogP contribution >= 0.6 is 0 Å². The molecule has 2 heterocycles. The van der Waals surface area contributed by atoms with Crippen molar-refractivity contribution in [2.45, 2.75) is 13.8 Å². The van der Waals surface area contributed by atoms with Gasteiger partial charge in [0.2, 0.25) is 5.95 Å². The molecule has 0 aliphatic carbocycles. The van der Waals surface area contributed by atoms with Gasteiger partial charge >= 0.3 is 0 Å². The zero-order valence-corrected chi connectivity index (χ0v) is 9.70. The summed E-state index contributed by atoms with van der Waals surface area (Å²) in [4.78, 5) is 14.5. The van der Waals surface area contributed by atoms with Gasteiger partial charge in [0.1, 0.15) is 17.2 Å². The summed E-state index contributed by atoms with van der Waals surface area (Å²) in [5, 5.41) is -0.242. The Kier molecular flexibility index (Phi) is 2.77. The number of aromatic nitrogens is 3. The first kappa shape index (κ1) is 12.1. The number of nitrogens with two attached hydrogens (primary N) is 2. The molecule has 0 radical (unpaired) electrons. The van der Waals surface area contributed by atoms with Gasteiger partial charge in [-0.2, -0.15) is 9.37 Å². The quantitative estimate of drug-likeness (QED) is 0.451. The number of hydrogen-bond acceptors (Lipinski definition) is 5. The van der Waals surface area contributed by atoms with Gasteiger partial charge in [0, 0.05) is 0 Å². The van der Waals surface area contributed by atoms with Crippen LogP contribution in [0.3, 0.4) is 0 Å². The molecule has 2 aromatic rings. The Morgan fingerprint density at radius 1 is 1.22 bits per heavy atom. The molecule has 0 aliphatic rings. The largest absolute Gasteiger partial charge is 0.387 e. The van der Waals surface area contributed by atoms with Crippen LogP contribution in [-0.2, 0) is 0 Å². The molecule has 18 heavy (non-hydrogen) atoms. The van der Waals surface area contributed by atoms with E-state index in [0.717, 1.165) is 0 Å². The van der Waals surface area contributed by atoms with Crippen molar-refractivity contribution in [2.24, 2.45) is 10.7 Å².